The smallest absolute Gasteiger partial charge is 0.303 e. The van der Waals surface area contributed by atoms with Crippen LogP contribution in [0.5, 0.6) is 0 Å². The van der Waals surface area contributed by atoms with Crippen LogP contribution in [0.1, 0.15) is 51.4 Å². The predicted octanol–water partition coefficient (Wildman–Crippen LogP) is 7.09. The Kier molecular flexibility index (Phi) is 9.11. The van der Waals surface area contributed by atoms with E-state index in [-0.39, 0.29) is 0 Å². The Hall–Kier alpha value is -3.14. The molecule has 0 radical (unpaired) electrons. The molecule has 3 rings (SSSR count). The molecule has 0 unspecified atom stereocenters. The number of pyridine rings is 1. The van der Waals surface area contributed by atoms with Crippen LogP contribution < -0.4 is 4.90 Å². The fraction of sp³-hybridized carbons (Fsp3) is 0.333. The fourth-order valence-electron chi connectivity index (χ4n) is 3.78. The number of nitrogens with zero attached hydrogens (tertiary/aromatic N) is 2. The van der Waals surface area contributed by atoms with E-state index in [4.69, 9.17) is 5.11 Å². The second-order valence-electron chi connectivity index (χ2n) is 7.87. The summed E-state index contributed by atoms with van der Waals surface area (Å²) >= 11 is 0. The lowest BCUT2D eigenvalue weighted by Crippen LogP contribution is -2.19. The first-order valence-electron chi connectivity index (χ1n) is 11.3. The summed E-state index contributed by atoms with van der Waals surface area (Å²) in [5.74, 6) is 0.287. The minimum Gasteiger partial charge on any atom is -0.481 e. The first kappa shape index (κ1) is 22.5. The van der Waals surface area contributed by atoms with Crippen LogP contribution in [-0.2, 0) is 4.79 Å². The molecule has 0 fully saturated rings. The third-order valence-corrected chi connectivity index (χ3v) is 5.48. The Bertz CT molecular complexity index is 896. The maximum Gasteiger partial charge on any atom is 0.303 e. The molecule has 0 aliphatic heterocycles. The second-order valence-corrected chi connectivity index (χ2v) is 7.87. The molecule has 0 saturated carbocycles. The van der Waals surface area contributed by atoms with Gasteiger partial charge in [0.25, 0.3) is 0 Å². The number of unbranched alkanes of at least 4 members (excludes halogenated alkanes) is 6. The molecule has 4 heteroatoms. The zero-order valence-corrected chi connectivity index (χ0v) is 18.1. The molecule has 0 aliphatic carbocycles. The van der Waals surface area contributed by atoms with Crippen molar-refractivity contribution in [3.05, 3.63) is 79.0 Å². The lowest BCUT2D eigenvalue weighted by molar-refractivity contribution is -0.137. The molecular weight excluding hydrogens is 384 g/mol. The summed E-state index contributed by atoms with van der Waals surface area (Å²) < 4.78 is 0. The molecule has 0 bridgehead atoms. The van der Waals surface area contributed by atoms with Crippen LogP contribution in [0.15, 0.2) is 79.0 Å². The largest absolute Gasteiger partial charge is 0.481 e. The quantitative estimate of drug-likeness (QED) is 0.302. The first-order chi connectivity index (χ1) is 15.2. The number of carboxylic acid groups (broad SMARTS) is 1. The topological polar surface area (TPSA) is 53.4 Å². The average molecular weight is 417 g/mol. The Balaban J connectivity index is 1.53. The van der Waals surface area contributed by atoms with Crippen molar-refractivity contribution in [1.29, 1.82) is 0 Å². The first-order valence-corrected chi connectivity index (χ1v) is 11.3. The lowest BCUT2D eigenvalue weighted by atomic mass is 10.0. The van der Waals surface area contributed by atoms with E-state index in [9.17, 15) is 4.79 Å². The summed E-state index contributed by atoms with van der Waals surface area (Å²) in [6.07, 6.45) is 9.71. The summed E-state index contributed by atoms with van der Waals surface area (Å²) in [5.41, 5.74) is 3.60. The zero-order chi connectivity index (χ0) is 21.7. The molecule has 1 heterocycles. The van der Waals surface area contributed by atoms with Gasteiger partial charge >= 0.3 is 5.97 Å². The van der Waals surface area contributed by atoms with Gasteiger partial charge in [-0.3, -0.25) is 4.79 Å². The van der Waals surface area contributed by atoms with E-state index >= 15 is 0 Å². The molecule has 1 aromatic heterocycles. The highest BCUT2D eigenvalue weighted by Gasteiger charge is 2.10. The molecule has 1 N–H and O–H groups in total. The Morgan fingerprint density at radius 3 is 1.97 bits per heavy atom. The van der Waals surface area contributed by atoms with E-state index in [1.54, 1.807) is 0 Å². The van der Waals surface area contributed by atoms with Gasteiger partial charge in [-0.2, -0.15) is 0 Å². The predicted molar refractivity (Wildman–Crippen MR) is 128 cm³/mol. The van der Waals surface area contributed by atoms with Gasteiger partial charge in [0.15, 0.2) is 0 Å². The van der Waals surface area contributed by atoms with Gasteiger partial charge < -0.3 is 10.0 Å². The average Bonchev–Trinajstić information content (AvgIpc) is 2.81. The highest BCUT2D eigenvalue weighted by atomic mass is 16.4. The number of benzene rings is 2. The van der Waals surface area contributed by atoms with E-state index < -0.39 is 5.97 Å². The number of carboxylic acids is 1. The summed E-state index contributed by atoms with van der Waals surface area (Å²) in [6.45, 7) is 0.931. The van der Waals surface area contributed by atoms with Gasteiger partial charge in [-0.1, -0.05) is 80.6 Å². The second kappa shape index (κ2) is 12.5. The number of hydrogen-bond acceptors (Lipinski definition) is 3. The van der Waals surface area contributed by atoms with Crippen molar-refractivity contribution in [2.45, 2.75) is 51.4 Å². The van der Waals surface area contributed by atoms with Crippen molar-refractivity contribution in [2.75, 3.05) is 11.4 Å². The van der Waals surface area contributed by atoms with Gasteiger partial charge in [-0.05, 0) is 48.2 Å². The number of hydrogen-bond donors (Lipinski definition) is 1. The monoisotopic (exact) mass is 416 g/mol. The van der Waals surface area contributed by atoms with E-state index in [0.29, 0.717) is 6.42 Å². The minimum atomic E-state index is -0.689. The third kappa shape index (κ3) is 7.56. The molecule has 0 aliphatic rings. The fourth-order valence-corrected chi connectivity index (χ4v) is 3.78. The molecule has 2 aromatic carbocycles. The van der Waals surface area contributed by atoms with Crippen molar-refractivity contribution < 1.29 is 9.90 Å². The van der Waals surface area contributed by atoms with Crippen molar-refractivity contribution in [1.82, 2.24) is 4.98 Å². The molecule has 0 spiro atoms. The van der Waals surface area contributed by atoms with Gasteiger partial charge in [0.05, 0.1) is 0 Å². The van der Waals surface area contributed by atoms with Gasteiger partial charge in [0, 0.05) is 24.8 Å². The standard InChI is InChI=1S/C27H32N2O2/c30-27(31)16-9-4-2-1-3-5-12-22-29(26-15-10-11-21-28-26)25-19-17-24(18-20-25)23-13-7-6-8-14-23/h6-8,10-11,13-15,17-21H,1-5,9,12,16,22H2,(H,30,31). The van der Waals surface area contributed by atoms with Gasteiger partial charge in [-0.25, -0.2) is 4.98 Å². The maximum atomic E-state index is 10.6. The normalized spacial score (nSPS) is 10.7. The summed E-state index contributed by atoms with van der Waals surface area (Å²) in [6, 6.07) is 25.2. The number of aromatic nitrogens is 1. The van der Waals surface area contributed by atoms with Crippen LogP contribution in [-0.4, -0.2) is 22.6 Å². The van der Waals surface area contributed by atoms with E-state index in [1.165, 1.54) is 30.4 Å². The van der Waals surface area contributed by atoms with Gasteiger partial charge in [0.2, 0.25) is 0 Å². The Labute approximate surface area is 185 Å². The Morgan fingerprint density at radius 1 is 0.710 bits per heavy atom. The van der Waals surface area contributed by atoms with Crippen molar-refractivity contribution in [3.63, 3.8) is 0 Å². The molecule has 0 atom stereocenters. The number of anilines is 2. The van der Waals surface area contributed by atoms with Crippen LogP contribution in [0, 0.1) is 0 Å². The third-order valence-electron chi connectivity index (χ3n) is 5.48. The molecular formula is C27H32N2O2. The van der Waals surface area contributed by atoms with Crippen LogP contribution >= 0.6 is 0 Å². The highest BCUT2D eigenvalue weighted by molar-refractivity contribution is 5.68. The minimum absolute atomic E-state index is 0.294. The van der Waals surface area contributed by atoms with E-state index in [0.717, 1.165) is 43.7 Å². The SMILES string of the molecule is O=C(O)CCCCCCCCCN(c1ccc(-c2ccccc2)cc1)c1ccccn1. The van der Waals surface area contributed by atoms with Crippen molar-refractivity contribution in [3.8, 4) is 11.1 Å². The molecule has 3 aromatic rings. The number of rotatable bonds is 13. The number of carbonyl (C=O) groups is 1. The van der Waals surface area contributed by atoms with Crippen molar-refractivity contribution in [2.24, 2.45) is 0 Å². The molecule has 0 amide bonds. The van der Waals surface area contributed by atoms with Crippen LogP contribution in [0.2, 0.25) is 0 Å². The Morgan fingerprint density at radius 2 is 1.32 bits per heavy atom. The van der Waals surface area contributed by atoms with Gasteiger partial charge in [0.1, 0.15) is 5.82 Å². The summed E-state index contributed by atoms with van der Waals surface area (Å²) in [7, 11) is 0. The van der Waals surface area contributed by atoms with Crippen LogP contribution in [0.4, 0.5) is 11.5 Å². The van der Waals surface area contributed by atoms with E-state index in [2.05, 4.69) is 64.5 Å². The zero-order valence-electron chi connectivity index (χ0n) is 18.1. The van der Waals surface area contributed by atoms with Gasteiger partial charge in [-0.15, -0.1) is 0 Å². The molecule has 4 nitrogen and oxygen atoms in total. The lowest BCUT2D eigenvalue weighted by Gasteiger charge is -2.24. The summed E-state index contributed by atoms with van der Waals surface area (Å²) in [4.78, 5) is 17.4. The molecule has 31 heavy (non-hydrogen) atoms. The van der Waals surface area contributed by atoms with Crippen molar-refractivity contribution >= 4 is 17.5 Å². The number of aliphatic carboxylic acids is 1. The highest BCUT2D eigenvalue weighted by Crippen LogP contribution is 2.27. The van der Waals surface area contributed by atoms with E-state index in [1.807, 2.05) is 24.4 Å². The molecule has 162 valence electrons. The van der Waals surface area contributed by atoms with Crippen LogP contribution in [0.25, 0.3) is 11.1 Å². The van der Waals surface area contributed by atoms with Crippen LogP contribution in [0.3, 0.4) is 0 Å². The molecule has 0 saturated heterocycles. The maximum absolute atomic E-state index is 10.6. The summed E-state index contributed by atoms with van der Waals surface area (Å²) in [5, 5.41) is 8.69.